The molecule has 2 rings (SSSR count). The highest BCUT2D eigenvalue weighted by atomic mass is 79.9. The second-order valence-electron chi connectivity index (χ2n) is 6.22. The molecule has 1 aromatic rings. The van der Waals surface area contributed by atoms with Crippen molar-refractivity contribution in [1.82, 2.24) is 15.1 Å². The molecule has 2 N–H and O–H groups in total. The molecule has 0 saturated carbocycles. The quantitative estimate of drug-likeness (QED) is 0.617. The van der Waals surface area contributed by atoms with E-state index >= 15 is 0 Å². The molecule has 0 aromatic heterocycles. The molecule has 1 fully saturated rings. The smallest absolute Gasteiger partial charge is 0.312 e. The molecule has 27 heavy (non-hydrogen) atoms. The minimum Gasteiger partial charge on any atom is -0.354 e. The van der Waals surface area contributed by atoms with Gasteiger partial charge in [0.1, 0.15) is 6.54 Å². The number of aryl methyl sites for hydroxylation is 1. The Labute approximate surface area is 166 Å². The summed E-state index contributed by atoms with van der Waals surface area (Å²) < 4.78 is 0.860. The van der Waals surface area contributed by atoms with Crippen molar-refractivity contribution in [2.45, 2.75) is 20.3 Å². The first-order valence-electron chi connectivity index (χ1n) is 8.72. The van der Waals surface area contributed by atoms with Crippen molar-refractivity contribution in [1.29, 1.82) is 0 Å². The number of rotatable bonds is 7. The molecule has 0 spiro atoms. The van der Waals surface area contributed by atoms with Gasteiger partial charge in [-0.05, 0) is 31.5 Å². The summed E-state index contributed by atoms with van der Waals surface area (Å²) in [5.41, 5.74) is 1.64. The third-order valence-electron chi connectivity index (χ3n) is 4.26. The molecule has 0 aliphatic carbocycles. The Bertz CT molecular complexity index is 753. The lowest BCUT2D eigenvalue weighted by Gasteiger charge is -2.32. The van der Waals surface area contributed by atoms with Crippen molar-refractivity contribution in [3.05, 3.63) is 28.2 Å². The molecule has 1 aromatic carbocycles. The molecule has 4 amide bonds. The zero-order chi connectivity index (χ0) is 20.0. The van der Waals surface area contributed by atoms with Gasteiger partial charge in [0.2, 0.25) is 11.8 Å². The van der Waals surface area contributed by atoms with Gasteiger partial charge in [0, 0.05) is 42.8 Å². The molecule has 1 aliphatic rings. The van der Waals surface area contributed by atoms with Gasteiger partial charge in [-0.2, -0.15) is 0 Å². The Morgan fingerprint density at radius 2 is 1.78 bits per heavy atom. The number of halogens is 1. The number of carbonyl (C=O) groups excluding carboxylic acids is 4. The monoisotopic (exact) mass is 438 g/mol. The van der Waals surface area contributed by atoms with Crippen LogP contribution in [-0.2, 0) is 19.2 Å². The van der Waals surface area contributed by atoms with Crippen LogP contribution in [-0.4, -0.2) is 66.2 Å². The lowest BCUT2D eigenvalue weighted by atomic mass is 10.2. The van der Waals surface area contributed by atoms with Crippen LogP contribution in [0.3, 0.4) is 0 Å². The SMILES string of the molecule is CCN1CCN(CC(=O)NCCC(=O)Nc2cc(Br)ccc2C)C(=O)C1=O. The van der Waals surface area contributed by atoms with Gasteiger partial charge in [0.15, 0.2) is 0 Å². The maximum Gasteiger partial charge on any atom is 0.312 e. The summed E-state index contributed by atoms with van der Waals surface area (Å²) in [5.74, 6) is -1.87. The zero-order valence-corrected chi connectivity index (χ0v) is 17.0. The third kappa shape index (κ3) is 5.78. The van der Waals surface area contributed by atoms with Gasteiger partial charge < -0.3 is 20.4 Å². The fraction of sp³-hybridized carbons (Fsp3) is 0.444. The predicted molar refractivity (Wildman–Crippen MR) is 104 cm³/mol. The van der Waals surface area contributed by atoms with Crippen LogP contribution in [0.2, 0.25) is 0 Å². The molecule has 0 atom stereocenters. The maximum absolute atomic E-state index is 12.0. The van der Waals surface area contributed by atoms with Gasteiger partial charge in [-0.15, -0.1) is 0 Å². The van der Waals surface area contributed by atoms with Crippen molar-refractivity contribution in [3.8, 4) is 0 Å². The van der Waals surface area contributed by atoms with Gasteiger partial charge in [0.05, 0.1) is 0 Å². The van der Waals surface area contributed by atoms with E-state index in [2.05, 4.69) is 26.6 Å². The van der Waals surface area contributed by atoms with Crippen LogP contribution in [0.4, 0.5) is 5.69 Å². The molecular formula is C18H23BrN4O4. The number of anilines is 1. The van der Waals surface area contributed by atoms with E-state index in [0.717, 1.165) is 10.0 Å². The van der Waals surface area contributed by atoms with Crippen LogP contribution in [0.25, 0.3) is 0 Å². The van der Waals surface area contributed by atoms with Crippen LogP contribution in [0.5, 0.6) is 0 Å². The van der Waals surface area contributed by atoms with E-state index in [9.17, 15) is 19.2 Å². The first-order valence-corrected chi connectivity index (χ1v) is 9.52. The molecular weight excluding hydrogens is 416 g/mol. The van der Waals surface area contributed by atoms with Gasteiger partial charge in [-0.25, -0.2) is 0 Å². The van der Waals surface area contributed by atoms with Gasteiger partial charge in [-0.1, -0.05) is 22.0 Å². The number of amides is 4. The fourth-order valence-electron chi connectivity index (χ4n) is 2.65. The van der Waals surface area contributed by atoms with Crippen LogP contribution in [0.1, 0.15) is 18.9 Å². The summed E-state index contributed by atoms with van der Waals surface area (Å²) in [7, 11) is 0. The van der Waals surface area contributed by atoms with Gasteiger partial charge in [0.25, 0.3) is 0 Å². The third-order valence-corrected chi connectivity index (χ3v) is 4.75. The Balaban J connectivity index is 1.74. The number of hydrogen-bond donors (Lipinski definition) is 2. The number of likely N-dealkylation sites (N-methyl/N-ethyl adjacent to an activating group) is 1. The Morgan fingerprint density at radius 3 is 2.48 bits per heavy atom. The van der Waals surface area contributed by atoms with Crippen LogP contribution < -0.4 is 10.6 Å². The van der Waals surface area contributed by atoms with Crippen LogP contribution in [0.15, 0.2) is 22.7 Å². The lowest BCUT2D eigenvalue weighted by Crippen LogP contribution is -2.56. The van der Waals surface area contributed by atoms with E-state index in [1.54, 1.807) is 6.92 Å². The van der Waals surface area contributed by atoms with Crippen molar-refractivity contribution < 1.29 is 19.2 Å². The van der Waals surface area contributed by atoms with E-state index < -0.39 is 17.7 Å². The fourth-order valence-corrected chi connectivity index (χ4v) is 3.01. The number of hydrogen-bond acceptors (Lipinski definition) is 4. The number of benzene rings is 1. The summed E-state index contributed by atoms with van der Waals surface area (Å²) in [5, 5.41) is 5.40. The Morgan fingerprint density at radius 1 is 1.11 bits per heavy atom. The van der Waals surface area contributed by atoms with Crippen LogP contribution in [0, 0.1) is 6.92 Å². The van der Waals surface area contributed by atoms with Crippen molar-refractivity contribution in [3.63, 3.8) is 0 Å². The van der Waals surface area contributed by atoms with Crippen molar-refractivity contribution in [2.24, 2.45) is 0 Å². The first-order chi connectivity index (χ1) is 12.8. The topological polar surface area (TPSA) is 98.8 Å². The van der Waals surface area contributed by atoms with Gasteiger partial charge >= 0.3 is 11.8 Å². The molecule has 0 radical (unpaired) electrons. The molecule has 9 heteroatoms. The van der Waals surface area contributed by atoms with E-state index in [1.165, 1.54) is 9.80 Å². The average molecular weight is 439 g/mol. The molecule has 1 aliphatic heterocycles. The summed E-state index contributed by atoms with van der Waals surface area (Å²) in [6.45, 7) is 4.87. The number of piperazine rings is 1. The first kappa shape index (κ1) is 20.9. The van der Waals surface area contributed by atoms with E-state index in [-0.39, 0.29) is 25.4 Å². The summed E-state index contributed by atoms with van der Waals surface area (Å²) in [6.07, 6.45) is 0.105. The summed E-state index contributed by atoms with van der Waals surface area (Å²) in [4.78, 5) is 50.5. The highest BCUT2D eigenvalue weighted by Crippen LogP contribution is 2.20. The highest BCUT2D eigenvalue weighted by Gasteiger charge is 2.32. The van der Waals surface area contributed by atoms with Gasteiger partial charge in [-0.3, -0.25) is 19.2 Å². The molecule has 1 heterocycles. The second kappa shape index (κ2) is 9.50. The van der Waals surface area contributed by atoms with E-state index in [0.29, 0.717) is 25.3 Å². The number of nitrogens with one attached hydrogen (secondary N) is 2. The predicted octanol–water partition coefficient (Wildman–Crippen LogP) is 0.893. The Kier molecular flexibility index (Phi) is 7.35. The molecule has 0 bridgehead atoms. The molecule has 1 saturated heterocycles. The largest absolute Gasteiger partial charge is 0.354 e. The summed E-state index contributed by atoms with van der Waals surface area (Å²) >= 11 is 3.35. The van der Waals surface area contributed by atoms with Crippen molar-refractivity contribution >= 4 is 45.2 Å². The minimum absolute atomic E-state index is 0.105. The normalized spacial score (nSPS) is 14.3. The van der Waals surface area contributed by atoms with Crippen LogP contribution >= 0.6 is 15.9 Å². The highest BCUT2D eigenvalue weighted by molar-refractivity contribution is 9.10. The standard InChI is InChI=1S/C18H23BrN4O4/c1-3-22-8-9-23(18(27)17(22)26)11-16(25)20-7-6-15(24)21-14-10-13(19)5-4-12(14)2/h4-5,10H,3,6-9,11H2,1-2H3,(H,20,25)(H,21,24). The van der Waals surface area contributed by atoms with Crippen molar-refractivity contribution in [2.75, 3.05) is 38.0 Å². The lowest BCUT2D eigenvalue weighted by molar-refractivity contribution is -0.156. The zero-order valence-electron chi connectivity index (χ0n) is 15.4. The molecule has 146 valence electrons. The van der Waals surface area contributed by atoms with E-state index in [1.807, 2.05) is 25.1 Å². The Hall–Kier alpha value is -2.42. The number of carbonyl (C=O) groups is 4. The second-order valence-corrected chi connectivity index (χ2v) is 7.13. The molecule has 8 nitrogen and oxygen atoms in total. The van der Waals surface area contributed by atoms with E-state index in [4.69, 9.17) is 0 Å². The molecule has 0 unspecified atom stereocenters. The maximum atomic E-state index is 12.0. The summed E-state index contributed by atoms with van der Waals surface area (Å²) in [6, 6.07) is 5.58. The number of nitrogens with zero attached hydrogens (tertiary/aromatic N) is 2. The minimum atomic E-state index is -0.666. The average Bonchev–Trinajstić information content (AvgIpc) is 2.62.